The highest BCUT2D eigenvalue weighted by Gasteiger charge is 2.25. The molecule has 2 heterocycles. The van der Waals surface area contributed by atoms with Gasteiger partial charge in [0, 0.05) is 19.5 Å². The van der Waals surface area contributed by atoms with Gasteiger partial charge in [0.2, 0.25) is 5.91 Å². The van der Waals surface area contributed by atoms with Crippen molar-refractivity contribution in [3.8, 4) is 0 Å². The van der Waals surface area contributed by atoms with E-state index in [0.29, 0.717) is 12.3 Å². The van der Waals surface area contributed by atoms with E-state index in [-0.39, 0.29) is 12.5 Å². The number of nitrogens with zero attached hydrogens (tertiary/aromatic N) is 1. The smallest absolute Gasteiger partial charge is 0.222 e. The predicted octanol–water partition coefficient (Wildman–Crippen LogP) is 3.26. The Bertz CT molecular complexity index is 621. The van der Waals surface area contributed by atoms with Gasteiger partial charge in [-0.15, -0.1) is 0 Å². The molecular formula is C19H23NO2S. The summed E-state index contributed by atoms with van der Waals surface area (Å²) in [5.41, 5.74) is 3.51. The van der Waals surface area contributed by atoms with E-state index in [2.05, 4.69) is 29.0 Å². The minimum atomic E-state index is 0.0934. The third-order valence-electron chi connectivity index (χ3n) is 4.58. The molecule has 0 saturated carbocycles. The van der Waals surface area contributed by atoms with Gasteiger partial charge in [-0.05, 0) is 58.7 Å². The lowest BCUT2D eigenvalue weighted by Crippen LogP contribution is -2.29. The molecule has 1 atom stereocenters. The molecule has 1 aliphatic heterocycles. The molecule has 2 aromatic rings. The van der Waals surface area contributed by atoms with E-state index in [1.54, 1.807) is 11.3 Å². The van der Waals surface area contributed by atoms with Gasteiger partial charge in [0.15, 0.2) is 0 Å². The number of amides is 1. The summed E-state index contributed by atoms with van der Waals surface area (Å²) >= 11 is 1.69. The number of carbonyl (C=O) groups excluding carboxylic acids is 1. The zero-order valence-corrected chi connectivity index (χ0v) is 14.1. The predicted molar refractivity (Wildman–Crippen MR) is 93.4 cm³/mol. The fourth-order valence-corrected chi connectivity index (χ4v) is 3.89. The van der Waals surface area contributed by atoms with Gasteiger partial charge in [0.25, 0.3) is 0 Å². The molecule has 0 spiro atoms. The van der Waals surface area contributed by atoms with E-state index in [4.69, 9.17) is 5.11 Å². The van der Waals surface area contributed by atoms with E-state index < -0.39 is 0 Å². The van der Waals surface area contributed by atoms with Crippen molar-refractivity contribution in [2.75, 3.05) is 13.1 Å². The second-order valence-electron chi connectivity index (χ2n) is 6.30. The first-order valence-electron chi connectivity index (χ1n) is 8.22. The van der Waals surface area contributed by atoms with Crippen molar-refractivity contribution in [2.45, 2.75) is 32.3 Å². The second kappa shape index (κ2) is 7.75. The van der Waals surface area contributed by atoms with Crippen molar-refractivity contribution >= 4 is 17.2 Å². The maximum atomic E-state index is 12.3. The Morgan fingerprint density at radius 1 is 1.17 bits per heavy atom. The van der Waals surface area contributed by atoms with Gasteiger partial charge < -0.3 is 10.0 Å². The van der Waals surface area contributed by atoms with Crippen LogP contribution in [0.5, 0.6) is 0 Å². The van der Waals surface area contributed by atoms with E-state index in [1.165, 1.54) is 11.1 Å². The number of hydrogen-bond acceptors (Lipinski definition) is 3. The van der Waals surface area contributed by atoms with E-state index >= 15 is 0 Å². The summed E-state index contributed by atoms with van der Waals surface area (Å²) in [6.45, 7) is 1.86. The van der Waals surface area contributed by atoms with Crippen LogP contribution in [0.25, 0.3) is 0 Å². The summed E-state index contributed by atoms with van der Waals surface area (Å²) < 4.78 is 0. The van der Waals surface area contributed by atoms with Gasteiger partial charge in [-0.1, -0.05) is 24.3 Å². The van der Waals surface area contributed by atoms with Crippen LogP contribution < -0.4 is 0 Å². The van der Waals surface area contributed by atoms with Crippen LogP contribution in [0, 0.1) is 5.92 Å². The summed E-state index contributed by atoms with van der Waals surface area (Å²) in [4.78, 5) is 14.4. The van der Waals surface area contributed by atoms with Crippen LogP contribution in [0.2, 0.25) is 0 Å². The minimum absolute atomic E-state index is 0.0934. The normalized spacial score (nSPS) is 17.6. The lowest BCUT2D eigenvalue weighted by molar-refractivity contribution is -0.130. The van der Waals surface area contributed by atoms with Gasteiger partial charge in [-0.2, -0.15) is 11.3 Å². The quantitative estimate of drug-likeness (QED) is 0.884. The molecule has 0 bridgehead atoms. The molecule has 3 nitrogen and oxygen atoms in total. The summed E-state index contributed by atoms with van der Waals surface area (Å²) in [5.74, 6) is 0.842. The first kappa shape index (κ1) is 16.2. The molecule has 4 heteroatoms. The number of carbonyl (C=O) groups is 1. The summed E-state index contributed by atoms with van der Waals surface area (Å²) in [6, 6.07) is 10.2. The van der Waals surface area contributed by atoms with Gasteiger partial charge in [-0.25, -0.2) is 0 Å². The maximum absolute atomic E-state index is 12.3. The number of hydrogen-bond donors (Lipinski definition) is 1. The van der Waals surface area contributed by atoms with E-state index in [0.717, 1.165) is 37.9 Å². The number of aryl methyl sites for hydroxylation is 1. The largest absolute Gasteiger partial charge is 0.392 e. The third kappa shape index (κ3) is 4.43. The highest BCUT2D eigenvalue weighted by molar-refractivity contribution is 7.07. The van der Waals surface area contributed by atoms with Crippen molar-refractivity contribution < 1.29 is 9.90 Å². The first-order valence-corrected chi connectivity index (χ1v) is 9.16. The van der Waals surface area contributed by atoms with Gasteiger partial charge in [0.05, 0.1) is 6.61 Å². The molecule has 1 fully saturated rings. The number of benzene rings is 1. The number of aliphatic hydroxyl groups excluding tert-OH is 1. The Balaban J connectivity index is 1.46. The van der Waals surface area contributed by atoms with E-state index in [1.807, 2.05) is 17.0 Å². The molecule has 0 radical (unpaired) electrons. The lowest BCUT2D eigenvalue weighted by Gasteiger charge is -2.16. The van der Waals surface area contributed by atoms with Gasteiger partial charge >= 0.3 is 0 Å². The van der Waals surface area contributed by atoms with Crippen molar-refractivity contribution in [1.29, 1.82) is 0 Å². The van der Waals surface area contributed by atoms with Crippen LogP contribution >= 0.6 is 11.3 Å². The number of aliphatic hydroxyl groups is 1. The molecule has 0 aliphatic carbocycles. The fourth-order valence-electron chi connectivity index (χ4n) is 3.18. The van der Waals surface area contributed by atoms with Gasteiger partial charge in [-0.3, -0.25) is 4.79 Å². The molecule has 23 heavy (non-hydrogen) atoms. The number of likely N-dealkylation sites (tertiary alicyclic amines) is 1. The Hall–Kier alpha value is -1.65. The SMILES string of the molecule is O=C(CCc1ccsc1)N1CC[C@H](Cc2ccc(CO)cc2)C1. The van der Waals surface area contributed by atoms with Crippen LogP contribution in [-0.2, 0) is 24.2 Å². The van der Waals surface area contributed by atoms with Crippen molar-refractivity contribution in [3.63, 3.8) is 0 Å². The second-order valence-corrected chi connectivity index (χ2v) is 7.08. The lowest BCUT2D eigenvalue weighted by atomic mass is 9.98. The molecular weight excluding hydrogens is 306 g/mol. The summed E-state index contributed by atoms with van der Waals surface area (Å²) in [5, 5.41) is 13.3. The Labute approximate surface area is 141 Å². The molecule has 1 aromatic carbocycles. The Kier molecular flexibility index (Phi) is 5.47. The number of rotatable bonds is 6. The average Bonchev–Trinajstić information content (AvgIpc) is 3.25. The van der Waals surface area contributed by atoms with Crippen molar-refractivity contribution in [3.05, 3.63) is 57.8 Å². The van der Waals surface area contributed by atoms with Gasteiger partial charge in [0.1, 0.15) is 0 Å². The zero-order chi connectivity index (χ0) is 16.1. The standard InChI is InChI=1S/C19H23NO2S/c21-13-16-3-1-15(2-4-16)11-18-7-9-20(12-18)19(22)6-5-17-8-10-23-14-17/h1-4,8,10,14,18,21H,5-7,9,11-13H2/t18-/m1/s1. The average molecular weight is 329 g/mol. The van der Waals surface area contributed by atoms with Crippen LogP contribution in [0.15, 0.2) is 41.1 Å². The van der Waals surface area contributed by atoms with Crippen LogP contribution in [0.3, 0.4) is 0 Å². The van der Waals surface area contributed by atoms with Crippen LogP contribution in [-0.4, -0.2) is 29.0 Å². The molecule has 3 rings (SSSR count). The monoisotopic (exact) mass is 329 g/mol. The zero-order valence-electron chi connectivity index (χ0n) is 13.3. The summed E-state index contributed by atoms with van der Waals surface area (Å²) in [7, 11) is 0. The maximum Gasteiger partial charge on any atom is 0.222 e. The van der Waals surface area contributed by atoms with Crippen molar-refractivity contribution in [2.24, 2.45) is 5.92 Å². The fraction of sp³-hybridized carbons (Fsp3) is 0.421. The molecule has 1 N–H and O–H groups in total. The topological polar surface area (TPSA) is 40.5 Å². The van der Waals surface area contributed by atoms with E-state index in [9.17, 15) is 4.79 Å². The highest BCUT2D eigenvalue weighted by atomic mass is 32.1. The highest BCUT2D eigenvalue weighted by Crippen LogP contribution is 2.22. The molecule has 1 amide bonds. The molecule has 1 aromatic heterocycles. The van der Waals surface area contributed by atoms with Crippen LogP contribution in [0.1, 0.15) is 29.5 Å². The molecule has 122 valence electrons. The summed E-state index contributed by atoms with van der Waals surface area (Å²) in [6.07, 6.45) is 3.58. The Morgan fingerprint density at radius 2 is 1.96 bits per heavy atom. The molecule has 1 aliphatic rings. The molecule has 0 unspecified atom stereocenters. The minimum Gasteiger partial charge on any atom is -0.392 e. The third-order valence-corrected chi connectivity index (χ3v) is 5.31. The number of thiophene rings is 1. The Morgan fingerprint density at radius 3 is 2.65 bits per heavy atom. The van der Waals surface area contributed by atoms with Crippen LogP contribution in [0.4, 0.5) is 0 Å². The first-order chi connectivity index (χ1) is 11.2. The van der Waals surface area contributed by atoms with Crippen molar-refractivity contribution in [1.82, 2.24) is 4.90 Å². The molecule has 1 saturated heterocycles.